The van der Waals surface area contributed by atoms with Crippen LogP contribution in [0.25, 0.3) is 10.9 Å². The number of para-hydroxylation sites is 1. The van der Waals surface area contributed by atoms with E-state index in [1.807, 2.05) is 38.1 Å². The smallest absolute Gasteiger partial charge is 0.322 e. The van der Waals surface area contributed by atoms with Crippen LogP contribution in [0.3, 0.4) is 0 Å². The van der Waals surface area contributed by atoms with Crippen LogP contribution in [0.15, 0.2) is 30.5 Å². The molecule has 0 bridgehead atoms. The number of carbonyl (C=O) groups excluding carboxylic acids is 2. The molecule has 8 nitrogen and oxygen atoms in total. The fraction of sp³-hybridized carbons (Fsp3) is 0.421. The molecule has 0 aliphatic carbocycles. The van der Waals surface area contributed by atoms with Gasteiger partial charge in [-0.2, -0.15) is 0 Å². The first kappa shape index (κ1) is 20.4. The Morgan fingerprint density at radius 3 is 2.59 bits per heavy atom. The first-order valence-electron chi connectivity index (χ1n) is 8.93. The predicted molar refractivity (Wildman–Crippen MR) is 102 cm³/mol. The number of aliphatic carboxylic acids is 1. The highest BCUT2D eigenvalue weighted by Crippen LogP contribution is 2.19. The molecule has 146 valence electrons. The van der Waals surface area contributed by atoms with Crippen LogP contribution in [-0.4, -0.2) is 46.5 Å². The highest BCUT2D eigenvalue weighted by atomic mass is 16.4. The topological polar surface area (TPSA) is 137 Å². The van der Waals surface area contributed by atoms with Gasteiger partial charge in [-0.3, -0.25) is 14.4 Å². The summed E-state index contributed by atoms with van der Waals surface area (Å²) in [6.07, 6.45) is 2.73. The summed E-state index contributed by atoms with van der Waals surface area (Å²) in [7, 11) is 0. The molecule has 0 aliphatic rings. The van der Waals surface area contributed by atoms with Gasteiger partial charge in [0.25, 0.3) is 0 Å². The summed E-state index contributed by atoms with van der Waals surface area (Å²) in [6.45, 7) is 3.28. The van der Waals surface area contributed by atoms with E-state index in [0.717, 1.165) is 22.9 Å². The van der Waals surface area contributed by atoms with Crippen LogP contribution < -0.4 is 16.4 Å². The first-order valence-corrected chi connectivity index (χ1v) is 8.93. The molecule has 2 aromatic rings. The van der Waals surface area contributed by atoms with Crippen molar-refractivity contribution in [3.05, 3.63) is 36.0 Å². The molecule has 0 saturated heterocycles. The van der Waals surface area contributed by atoms with Crippen LogP contribution >= 0.6 is 0 Å². The zero-order valence-corrected chi connectivity index (χ0v) is 15.5. The van der Waals surface area contributed by atoms with Gasteiger partial charge in [-0.1, -0.05) is 38.5 Å². The molecule has 0 saturated carbocycles. The van der Waals surface area contributed by atoms with Crippen LogP contribution in [0.5, 0.6) is 0 Å². The summed E-state index contributed by atoms with van der Waals surface area (Å²) in [4.78, 5) is 38.8. The lowest BCUT2D eigenvalue weighted by Gasteiger charge is -2.23. The Bertz CT molecular complexity index is 817. The van der Waals surface area contributed by atoms with Gasteiger partial charge in [0.15, 0.2) is 0 Å². The molecule has 1 aromatic carbocycles. The van der Waals surface area contributed by atoms with E-state index in [4.69, 9.17) is 10.8 Å². The van der Waals surface area contributed by atoms with Gasteiger partial charge >= 0.3 is 5.97 Å². The summed E-state index contributed by atoms with van der Waals surface area (Å²) < 4.78 is 0. The molecule has 0 radical (unpaired) electrons. The second-order valence-electron chi connectivity index (χ2n) is 6.65. The Kier molecular flexibility index (Phi) is 6.95. The minimum absolute atomic E-state index is 0.0409. The van der Waals surface area contributed by atoms with Crippen molar-refractivity contribution in [2.24, 2.45) is 11.7 Å². The average Bonchev–Trinajstić information content (AvgIpc) is 3.07. The molecule has 0 aliphatic heterocycles. The molecule has 0 fully saturated rings. The third kappa shape index (κ3) is 5.30. The lowest BCUT2D eigenvalue weighted by molar-refractivity contribution is -0.138. The average molecular weight is 374 g/mol. The number of aromatic nitrogens is 1. The zero-order chi connectivity index (χ0) is 20.0. The fourth-order valence-electron chi connectivity index (χ4n) is 2.80. The van der Waals surface area contributed by atoms with E-state index in [1.54, 1.807) is 6.20 Å². The third-order valence-corrected chi connectivity index (χ3v) is 4.71. The molecule has 1 heterocycles. The Labute approximate surface area is 157 Å². The van der Waals surface area contributed by atoms with Crippen LogP contribution in [-0.2, 0) is 20.8 Å². The lowest BCUT2D eigenvalue weighted by atomic mass is 9.98. The van der Waals surface area contributed by atoms with Gasteiger partial charge in [-0.15, -0.1) is 0 Å². The Morgan fingerprint density at radius 2 is 1.93 bits per heavy atom. The Balaban J connectivity index is 2.19. The Hall–Kier alpha value is -2.87. The summed E-state index contributed by atoms with van der Waals surface area (Å²) >= 11 is 0. The van der Waals surface area contributed by atoms with Gasteiger partial charge in [0.2, 0.25) is 11.8 Å². The number of nitrogens with two attached hydrogens (primary N) is 1. The van der Waals surface area contributed by atoms with Crippen molar-refractivity contribution in [3.63, 3.8) is 0 Å². The summed E-state index contributed by atoms with van der Waals surface area (Å²) in [5.74, 6) is -2.19. The maximum Gasteiger partial charge on any atom is 0.322 e. The number of H-pyrrole nitrogens is 1. The van der Waals surface area contributed by atoms with E-state index in [0.29, 0.717) is 0 Å². The quantitative estimate of drug-likeness (QED) is 0.441. The largest absolute Gasteiger partial charge is 0.480 e. The second kappa shape index (κ2) is 9.18. The highest BCUT2D eigenvalue weighted by molar-refractivity contribution is 5.92. The molecule has 0 spiro atoms. The molecule has 27 heavy (non-hydrogen) atoms. The summed E-state index contributed by atoms with van der Waals surface area (Å²) in [6, 6.07) is 5.94. The molecule has 1 aromatic heterocycles. The van der Waals surface area contributed by atoms with Crippen molar-refractivity contribution >= 4 is 28.7 Å². The van der Waals surface area contributed by atoms with Gasteiger partial charge in [0, 0.05) is 23.5 Å². The summed E-state index contributed by atoms with van der Waals surface area (Å²) in [5.41, 5.74) is 7.72. The van der Waals surface area contributed by atoms with E-state index < -0.39 is 36.4 Å². The molecule has 2 rings (SSSR count). The number of hydrogen-bond acceptors (Lipinski definition) is 4. The maximum absolute atomic E-state index is 12.5. The Morgan fingerprint density at radius 1 is 1.22 bits per heavy atom. The van der Waals surface area contributed by atoms with Gasteiger partial charge in [-0.25, -0.2) is 0 Å². The number of nitrogens with one attached hydrogen (secondary N) is 3. The van der Waals surface area contributed by atoms with Crippen molar-refractivity contribution in [3.8, 4) is 0 Å². The van der Waals surface area contributed by atoms with Gasteiger partial charge in [0.1, 0.15) is 12.6 Å². The molecule has 0 unspecified atom stereocenters. The maximum atomic E-state index is 12.5. The number of carboxylic acids is 1. The van der Waals surface area contributed by atoms with E-state index in [2.05, 4.69) is 15.6 Å². The minimum atomic E-state index is -1.16. The second-order valence-corrected chi connectivity index (χ2v) is 6.65. The highest BCUT2D eigenvalue weighted by Gasteiger charge is 2.27. The van der Waals surface area contributed by atoms with Crippen LogP contribution in [0, 0.1) is 5.92 Å². The fourth-order valence-corrected chi connectivity index (χ4v) is 2.80. The first-order chi connectivity index (χ1) is 12.8. The van der Waals surface area contributed by atoms with E-state index in [9.17, 15) is 14.4 Å². The predicted octanol–water partition coefficient (Wildman–Crippen LogP) is 0.769. The monoisotopic (exact) mass is 374 g/mol. The lowest BCUT2D eigenvalue weighted by Crippen LogP contribution is -2.54. The van der Waals surface area contributed by atoms with Gasteiger partial charge < -0.3 is 26.5 Å². The van der Waals surface area contributed by atoms with Gasteiger partial charge in [0.05, 0.1) is 6.04 Å². The number of rotatable bonds is 9. The number of carbonyl (C=O) groups is 3. The molecular weight excluding hydrogens is 348 g/mol. The van der Waals surface area contributed by atoms with Crippen LogP contribution in [0.4, 0.5) is 0 Å². The number of hydrogen-bond donors (Lipinski definition) is 5. The number of aromatic amines is 1. The van der Waals surface area contributed by atoms with E-state index in [1.165, 1.54) is 0 Å². The van der Waals surface area contributed by atoms with Crippen molar-refractivity contribution in [2.45, 2.75) is 38.8 Å². The molecular formula is C19H26N4O4. The number of fused-ring (bicyclic) bond motifs is 1. The summed E-state index contributed by atoms with van der Waals surface area (Å²) in [5, 5.41) is 14.7. The van der Waals surface area contributed by atoms with Crippen molar-refractivity contribution in [2.75, 3.05) is 6.54 Å². The van der Waals surface area contributed by atoms with E-state index in [-0.39, 0.29) is 12.3 Å². The van der Waals surface area contributed by atoms with Crippen molar-refractivity contribution in [1.29, 1.82) is 0 Å². The molecule has 2 amide bonds. The zero-order valence-electron chi connectivity index (χ0n) is 15.5. The van der Waals surface area contributed by atoms with Gasteiger partial charge in [-0.05, 0) is 17.5 Å². The van der Waals surface area contributed by atoms with E-state index >= 15 is 0 Å². The molecule has 6 N–H and O–H groups in total. The SMILES string of the molecule is CC[C@H](C)[C@H](N)C(=O)N[C@@H](Cc1c[nH]c2ccccc12)C(=O)NCC(=O)O. The number of carboxylic acid groups (broad SMARTS) is 1. The van der Waals surface area contributed by atoms with Crippen molar-refractivity contribution < 1.29 is 19.5 Å². The standard InChI is InChI=1S/C19H26N4O4/c1-3-11(2)17(20)19(27)23-15(18(26)22-10-16(24)25)8-12-9-21-14-7-5-4-6-13(12)14/h4-7,9,11,15,17,21H,3,8,10,20H2,1-2H3,(H,22,26)(H,23,27)(H,24,25)/t11-,15-,17-/m0/s1. The van der Waals surface area contributed by atoms with Crippen LogP contribution in [0.2, 0.25) is 0 Å². The third-order valence-electron chi connectivity index (χ3n) is 4.71. The van der Waals surface area contributed by atoms with Crippen molar-refractivity contribution in [1.82, 2.24) is 15.6 Å². The normalized spacial score (nSPS) is 14.3. The minimum Gasteiger partial charge on any atom is -0.480 e. The number of amides is 2. The molecule has 8 heteroatoms. The van der Waals surface area contributed by atoms with Crippen LogP contribution in [0.1, 0.15) is 25.8 Å². The number of benzene rings is 1. The molecule has 3 atom stereocenters.